The summed E-state index contributed by atoms with van der Waals surface area (Å²) in [6.07, 6.45) is 7.60. The highest BCUT2D eigenvalue weighted by Crippen LogP contribution is 2.29. The zero-order valence-corrected chi connectivity index (χ0v) is 15.6. The maximum Gasteiger partial charge on any atom is 0.227 e. The Labute approximate surface area is 150 Å². The van der Waals surface area contributed by atoms with Gasteiger partial charge in [0.1, 0.15) is 5.82 Å². The van der Waals surface area contributed by atoms with Gasteiger partial charge in [-0.1, -0.05) is 6.92 Å². The van der Waals surface area contributed by atoms with E-state index in [1.165, 1.54) is 12.8 Å². The molecular formula is C19H31N5O. The molecule has 2 N–H and O–H groups in total. The Morgan fingerprint density at radius 1 is 1.20 bits per heavy atom. The maximum atomic E-state index is 11.7. The van der Waals surface area contributed by atoms with Crippen molar-refractivity contribution in [2.45, 2.75) is 51.9 Å². The molecule has 0 aromatic carbocycles. The molecule has 2 aliphatic rings. The third kappa shape index (κ3) is 4.61. The molecule has 25 heavy (non-hydrogen) atoms. The van der Waals surface area contributed by atoms with Gasteiger partial charge < -0.3 is 15.5 Å². The highest BCUT2D eigenvalue weighted by molar-refractivity contribution is 5.78. The number of aryl methyl sites for hydroxylation is 1. The van der Waals surface area contributed by atoms with E-state index in [9.17, 15) is 4.79 Å². The Morgan fingerprint density at radius 3 is 2.56 bits per heavy atom. The third-order valence-electron chi connectivity index (χ3n) is 5.55. The second kappa shape index (κ2) is 8.50. The minimum absolute atomic E-state index is 0.199. The van der Waals surface area contributed by atoms with Crippen LogP contribution in [0.15, 0.2) is 6.07 Å². The molecule has 138 valence electrons. The summed E-state index contributed by atoms with van der Waals surface area (Å²) in [5.41, 5.74) is 1.10. The molecule has 2 heterocycles. The Hall–Kier alpha value is -1.85. The van der Waals surface area contributed by atoms with Gasteiger partial charge in [0.15, 0.2) is 0 Å². The van der Waals surface area contributed by atoms with Gasteiger partial charge >= 0.3 is 0 Å². The minimum Gasteiger partial charge on any atom is -0.370 e. The molecule has 2 fully saturated rings. The van der Waals surface area contributed by atoms with Crippen molar-refractivity contribution in [1.82, 2.24) is 15.3 Å². The molecule has 1 amide bonds. The first kappa shape index (κ1) is 18.0. The lowest BCUT2D eigenvalue weighted by atomic mass is 9.81. The molecule has 1 saturated carbocycles. The first-order valence-corrected chi connectivity index (χ1v) is 9.78. The van der Waals surface area contributed by atoms with Gasteiger partial charge in [-0.2, -0.15) is 4.98 Å². The van der Waals surface area contributed by atoms with Crippen molar-refractivity contribution in [1.29, 1.82) is 0 Å². The van der Waals surface area contributed by atoms with Gasteiger partial charge in [0.25, 0.3) is 0 Å². The summed E-state index contributed by atoms with van der Waals surface area (Å²) < 4.78 is 0. The molecule has 3 rings (SSSR count). The number of hydrogen-bond donors (Lipinski definition) is 2. The molecule has 1 aromatic rings. The fraction of sp³-hybridized carbons (Fsp3) is 0.737. The highest BCUT2D eigenvalue weighted by atomic mass is 16.1. The summed E-state index contributed by atoms with van der Waals surface area (Å²) in [4.78, 5) is 23.5. The van der Waals surface area contributed by atoms with Crippen LogP contribution in [0.1, 0.15) is 51.1 Å². The van der Waals surface area contributed by atoms with Gasteiger partial charge in [-0.3, -0.25) is 4.79 Å². The van der Waals surface area contributed by atoms with Crippen molar-refractivity contribution in [2.75, 3.05) is 36.9 Å². The predicted octanol–water partition coefficient (Wildman–Crippen LogP) is 2.60. The van der Waals surface area contributed by atoms with Crippen LogP contribution in [0.2, 0.25) is 0 Å². The number of anilines is 2. The first-order chi connectivity index (χ1) is 12.2. The minimum atomic E-state index is 0.199. The molecule has 6 heteroatoms. The van der Waals surface area contributed by atoms with Crippen molar-refractivity contribution in [3.05, 3.63) is 11.8 Å². The lowest BCUT2D eigenvalue weighted by Crippen LogP contribution is -2.32. The number of amides is 1. The monoisotopic (exact) mass is 345 g/mol. The van der Waals surface area contributed by atoms with Gasteiger partial charge in [-0.25, -0.2) is 4.98 Å². The zero-order valence-electron chi connectivity index (χ0n) is 15.6. The van der Waals surface area contributed by atoms with Crippen LogP contribution in [-0.2, 0) is 11.2 Å². The Bertz CT molecular complexity index is 577. The molecule has 6 nitrogen and oxygen atoms in total. The van der Waals surface area contributed by atoms with E-state index in [1.54, 1.807) is 7.05 Å². The number of aromatic nitrogens is 2. The topological polar surface area (TPSA) is 70.2 Å². The summed E-state index contributed by atoms with van der Waals surface area (Å²) in [5, 5.41) is 6.31. The van der Waals surface area contributed by atoms with E-state index in [-0.39, 0.29) is 11.8 Å². The molecule has 0 radical (unpaired) electrons. The van der Waals surface area contributed by atoms with Crippen LogP contribution in [0.3, 0.4) is 0 Å². The average molecular weight is 345 g/mol. The van der Waals surface area contributed by atoms with E-state index in [1.807, 2.05) is 0 Å². The number of hydrogen-bond acceptors (Lipinski definition) is 5. The molecule has 1 saturated heterocycles. The van der Waals surface area contributed by atoms with E-state index in [4.69, 9.17) is 9.97 Å². The Balaban J connectivity index is 1.56. The quantitative estimate of drug-likeness (QED) is 0.829. The second-order valence-corrected chi connectivity index (χ2v) is 7.31. The molecule has 0 bridgehead atoms. The lowest BCUT2D eigenvalue weighted by molar-refractivity contribution is -0.125. The summed E-state index contributed by atoms with van der Waals surface area (Å²) in [5.74, 6) is 2.85. The Kier molecular flexibility index (Phi) is 6.10. The van der Waals surface area contributed by atoms with E-state index < -0.39 is 0 Å². The van der Waals surface area contributed by atoms with E-state index in [0.29, 0.717) is 5.92 Å². The van der Waals surface area contributed by atoms with Gasteiger partial charge in [-0.05, 0) is 50.9 Å². The standard InChI is InChI=1S/C19H31N5O/c1-3-16-12-17(23-19(22-16)24-10-4-5-11-24)21-13-14-6-8-15(9-7-14)18(25)20-2/h12,14-15H,3-11,13H2,1-2H3,(H,20,25)(H,21,22,23). The summed E-state index contributed by atoms with van der Waals surface area (Å²) in [6.45, 7) is 5.20. The summed E-state index contributed by atoms with van der Waals surface area (Å²) >= 11 is 0. The number of rotatable bonds is 6. The molecule has 0 unspecified atom stereocenters. The van der Waals surface area contributed by atoms with Crippen LogP contribution < -0.4 is 15.5 Å². The van der Waals surface area contributed by atoms with Crippen LogP contribution in [0, 0.1) is 11.8 Å². The molecule has 1 aliphatic carbocycles. The van der Waals surface area contributed by atoms with Crippen molar-refractivity contribution < 1.29 is 4.79 Å². The fourth-order valence-electron chi connectivity index (χ4n) is 3.90. The highest BCUT2D eigenvalue weighted by Gasteiger charge is 2.25. The second-order valence-electron chi connectivity index (χ2n) is 7.31. The SMILES string of the molecule is CCc1cc(NCC2CCC(C(=O)NC)CC2)nc(N2CCCC2)n1. The van der Waals surface area contributed by atoms with Gasteiger partial charge in [0.05, 0.1) is 0 Å². The van der Waals surface area contributed by atoms with Gasteiger partial charge in [0.2, 0.25) is 11.9 Å². The van der Waals surface area contributed by atoms with Crippen molar-refractivity contribution >= 4 is 17.7 Å². The number of nitrogens with one attached hydrogen (secondary N) is 2. The largest absolute Gasteiger partial charge is 0.370 e. The third-order valence-corrected chi connectivity index (χ3v) is 5.55. The van der Waals surface area contributed by atoms with Crippen LogP contribution in [-0.4, -0.2) is 42.6 Å². The fourth-order valence-corrected chi connectivity index (χ4v) is 3.90. The van der Waals surface area contributed by atoms with Crippen molar-refractivity contribution in [2.24, 2.45) is 11.8 Å². The Morgan fingerprint density at radius 2 is 1.92 bits per heavy atom. The maximum absolute atomic E-state index is 11.7. The van der Waals surface area contributed by atoms with Crippen molar-refractivity contribution in [3.63, 3.8) is 0 Å². The van der Waals surface area contributed by atoms with Crippen LogP contribution in [0.5, 0.6) is 0 Å². The number of carbonyl (C=O) groups excluding carboxylic acids is 1. The average Bonchev–Trinajstić information content (AvgIpc) is 3.20. The first-order valence-electron chi connectivity index (χ1n) is 9.78. The van der Waals surface area contributed by atoms with Gasteiger partial charge in [-0.15, -0.1) is 0 Å². The van der Waals surface area contributed by atoms with Crippen molar-refractivity contribution in [3.8, 4) is 0 Å². The normalized spacial score (nSPS) is 23.5. The van der Waals surface area contributed by atoms with E-state index in [2.05, 4.69) is 28.5 Å². The predicted molar refractivity (Wildman–Crippen MR) is 101 cm³/mol. The van der Waals surface area contributed by atoms with Crippen LogP contribution >= 0.6 is 0 Å². The van der Waals surface area contributed by atoms with E-state index in [0.717, 1.165) is 69.2 Å². The molecule has 1 aromatic heterocycles. The van der Waals surface area contributed by atoms with E-state index >= 15 is 0 Å². The molecular weight excluding hydrogens is 314 g/mol. The number of nitrogens with zero attached hydrogens (tertiary/aromatic N) is 3. The van der Waals surface area contributed by atoms with Gasteiger partial charge in [0, 0.05) is 44.4 Å². The summed E-state index contributed by atoms with van der Waals surface area (Å²) in [7, 11) is 1.73. The van der Waals surface area contributed by atoms with Crippen LogP contribution in [0.25, 0.3) is 0 Å². The summed E-state index contributed by atoms with van der Waals surface area (Å²) in [6, 6.07) is 2.08. The molecule has 0 spiro atoms. The smallest absolute Gasteiger partial charge is 0.227 e. The molecule has 1 aliphatic heterocycles. The molecule has 0 atom stereocenters. The van der Waals surface area contributed by atoms with Crippen LogP contribution in [0.4, 0.5) is 11.8 Å². The lowest BCUT2D eigenvalue weighted by Gasteiger charge is -2.27. The zero-order chi connectivity index (χ0) is 17.6. The number of carbonyl (C=O) groups is 1.